The topological polar surface area (TPSA) is 74.0 Å². The summed E-state index contributed by atoms with van der Waals surface area (Å²) in [5.74, 6) is -0.0523. The number of nitrogens with one attached hydrogen (secondary N) is 1. The van der Waals surface area contributed by atoms with E-state index in [1.165, 1.54) is 0 Å². The number of benzene rings is 2. The van der Waals surface area contributed by atoms with Gasteiger partial charge in [-0.05, 0) is 50.7 Å². The van der Waals surface area contributed by atoms with Crippen molar-refractivity contribution in [3.8, 4) is 23.0 Å². The quantitative estimate of drug-likeness (QED) is 0.749. The minimum atomic E-state index is -0.0523. The molecule has 1 fully saturated rings. The van der Waals surface area contributed by atoms with E-state index in [4.69, 9.17) is 5.26 Å². The fourth-order valence-corrected chi connectivity index (χ4v) is 3.63. The molecular formula is C23H23N5O. The predicted molar refractivity (Wildman–Crippen MR) is 112 cm³/mol. The number of rotatable bonds is 4. The molecule has 4 rings (SSSR count). The van der Waals surface area contributed by atoms with E-state index in [1.54, 1.807) is 16.8 Å². The van der Waals surface area contributed by atoms with Gasteiger partial charge < -0.3 is 10.2 Å². The van der Waals surface area contributed by atoms with Crippen molar-refractivity contribution < 1.29 is 4.79 Å². The second-order valence-corrected chi connectivity index (χ2v) is 7.38. The van der Waals surface area contributed by atoms with Gasteiger partial charge in [-0.1, -0.05) is 29.8 Å². The van der Waals surface area contributed by atoms with Gasteiger partial charge in [-0.25, -0.2) is 4.68 Å². The van der Waals surface area contributed by atoms with Crippen LogP contribution in [0.5, 0.6) is 0 Å². The van der Waals surface area contributed by atoms with Gasteiger partial charge in [0.05, 0.1) is 23.0 Å². The Morgan fingerprint density at radius 3 is 2.52 bits per heavy atom. The van der Waals surface area contributed by atoms with Gasteiger partial charge in [0.25, 0.3) is 5.91 Å². The Morgan fingerprint density at radius 1 is 1.17 bits per heavy atom. The molecule has 1 N–H and O–H groups in total. The van der Waals surface area contributed by atoms with Crippen molar-refractivity contribution >= 4 is 5.91 Å². The van der Waals surface area contributed by atoms with Crippen molar-refractivity contribution in [1.82, 2.24) is 20.0 Å². The standard InChI is InChI=1S/C23H23N5O/c1-16-3-9-20(10-4-16)28-22(18-7-5-17(14-24)6-8-18)13-21(26-28)23(29)27-12-11-19(15-27)25-2/h3-10,13,19,25H,11-12,15H2,1-2H3/t19-/m0/s1. The Balaban J connectivity index is 1.75. The highest BCUT2D eigenvalue weighted by atomic mass is 16.2. The van der Waals surface area contributed by atoms with Gasteiger partial charge in [0.1, 0.15) is 0 Å². The lowest BCUT2D eigenvalue weighted by Crippen LogP contribution is -2.33. The van der Waals surface area contributed by atoms with Crippen LogP contribution in [0.3, 0.4) is 0 Å². The second-order valence-electron chi connectivity index (χ2n) is 7.38. The van der Waals surface area contributed by atoms with Crippen LogP contribution in [0.1, 0.15) is 28.0 Å². The first-order chi connectivity index (χ1) is 14.1. The zero-order chi connectivity index (χ0) is 20.4. The molecule has 1 aliphatic heterocycles. The molecule has 0 saturated carbocycles. The maximum absolute atomic E-state index is 13.1. The summed E-state index contributed by atoms with van der Waals surface area (Å²) < 4.78 is 1.81. The van der Waals surface area contributed by atoms with Crippen molar-refractivity contribution in [2.24, 2.45) is 0 Å². The second kappa shape index (κ2) is 7.90. The summed E-state index contributed by atoms with van der Waals surface area (Å²) in [6.45, 7) is 3.46. The number of likely N-dealkylation sites (N-methyl/N-ethyl adjacent to an activating group) is 1. The summed E-state index contributed by atoms with van der Waals surface area (Å²) >= 11 is 0. The summed E-state index contributed by atoms with van der Waals surface area (Å²) in [6.07, 6.45) is 0.948. The van der Waals surface area contributed by atoms with E-state index in [0.717, 1.165) is 35.5 Å². The van der Waals surface area contributed by atoms with Crippen LogP contribution in [0.25, 0.3) is 16.9 Å². The van der Waals surface area contributed by atoms with Crippen molar-refractivity contribution in [2.45, 2.75) is 19.4 Å². The first-order valence-electron chi connectivity index (χ1n) is 9.73. The van der Waals surface area contributed by atoms with Crippen molar-refractivity contribution in [3.63, 3.8) is 0 Å². The summed E-state index contributed by atoms with van der Waals surface area (Å²) in [7, 11) is 1.92. The number of aromatic nitrogens is 2. The lowest BCUT2D eigenvalue weighted by Gasteiger charge is -2.14. The van der Waals surface area contributed by atoms with Crippen molar-refractivity contribution in [2.75, 3.05) is 20.1 Å². The molecule has 0 bridgehead atoms. The van der Waals surface area contributed by atoms with Gasteiger partial charge in [-0.2, -0.15) is 10.4 Å². The Hall–Kier alpha value is -3.43. The maximum atomic E-state index is 13.1. The molecule has 146 valence electrons. The largest absolute Gasteiger partial charge is 0.336 e. The van der Waals surface area contributed by atoms with Crippen LogP contribution in [0, 0.1) is 18.3 Å². The van der Waals surface area contributed by atoms with E-state index >= 15 is 0 Å². The Kier molecular flexibility index (Phi) is 5.15. The third kappa shape index (κ3) is 3.78. The van der Waals surface area contributed by atoms with Crippen LogP contribution in [-0.4, -0.2) is 46.8 Å². The molecule has 0 unspecified atom stereocenters. The van der Waals surface area contributed by atoms with Gasteiger partial charge in [0.2, 0.25) is 0 Å². The van der Waals surface area contributed by atoms with E-state index in [1.807, 2.05) is 61.3 Å². The minimum Gasteiger partial charge on any atom is -0.336 e. The molecule has 3 aromatic rings. The van der Waals surface area contributed by atoms with E-state index in [9.17, 15) is 4.79 Å². The lowest BCUT2D eigenvalue weighted by atomic mass is 10.1. The molecule has 1 amide bonds. The predicted octanol–water partition coefficient (Wildman–Crippen LogP) is 3.15. The molecule has 1 aromatic heterocycles. The van der Waals surface area contributed by atoms with Crippen LogP contribution in [0.4, 0.5) is 0 Å². The fourth-order valence-electron chi connectivity index (χ4n) is 3.63. The molecular weight excluding hydrogens is 362 g/mol. The SMILES string of the molecule is CN[C@H]1CCN(C(=O)c2cc(-c3ccc(C#N)cc3)n(-c3ccc(C)cc3)n2)C1. The van der Waals surface area contributed by atoms with E-state index in [0.29, 0.717) is 23.8 Å². The van der Waals surface area contributed by atoms with Crippen LogP contribution in [0.15, 0.2) is 54.6 Å². The van der Waals surface area contributed by atoms with Crippen molar-refractivity contribution in [1.29, 1.82) is 5.26 Å². The molecule has 2 aromatic carbocycles. The molecule has 0 aliphatic carbocycles. The third-order valence-corrected chi connectivity index (χ3v) is 5.40. The number of hydrogen-bond acceptors (Lipinski definition) is 4. The molecule has 6 nitrogen and oxygen atoms in total. The number of amides is 1. The number of likely N-dealkylation sites (tertiary alicyclic amines) is 1. The number of nitrogens with zero attached hydrogens (tertiary/aromatic N) is 4. The molecule has 6 heteroatoms. The Labute approximate surface area is 170 Å². The molecule has 0 radical (unpaired) electrons. The molecule has 2 heterocycles. The van der Waals surface area contributed by atoms with E-state index in [-0.39, 0.29) is 5.91 Å². The number of carbonyl (C=O) groups is 1. The average Bonchev–Trinajstić information content (AvgIpc) is 3.41. The first-order valence-corrected chi connectivity index (χ1v) is 9.73. The monoisotopic (exact) mass is 385 g/mol. The molecule has 1 atom stereocenters. The number of nitriles is 1. The fraction of sp³-hybridized carbons (Fsp3) is 0.261. The molecule has 29 heavy (non-hydrogen) atoms. The van der Waals surface area contributed by atoms with Gasteiger partial charge in [0, 0.05) is 24.7 Å². The highest BCUT2D eigenvalue weighted by Crippen LogP contribution is 2.26. The zero-order valence-corrected chi connectivity index (χ0v) is 16.6. The Bertz CT molecular complexity index is 1060. The summed E-state index contributed by atoms with van der Waals surface area (Å²) in [5.41, 5.74) is 4.82. The smallest absolute Gasteiger partial charge is 0.274 e. The zero-order valence-electron chi connectivity index (χ0n) is 16.6. The van der Waals surface area contributed by atoms with E-state index < -0.39 is 0 Å². The van der Waals surface area contributed by atoms with Crippen LogP contribution in [0.2, 0.25) is 0 Å². The Morgan fingerprint density at radius 2 is 1.90 bits per heavy atom. The highest BCUT2D eigenvalue weighted by Gasteiger charge is 2.28. The van der Waals surface area contributed by atoms with Crippen molar-refractivity contribution in [3.05, 3.63) is 71.4 Å². The molecule has 0 spiro atoms. The van der Waals surface area contributed by atoms with Gasteiger partial charge in [-0.3, -0.25) is 4.79 Å². The van der Waals surface area contributed by atoms with Gasteiger partial charge >= 0.3 is 0 Å². The number of aryl methyl sites for hydroxylation is 1. The summed E-state index contributed by atoms with van der Waals surface area (Å²) in [6, 6.07) is 19.7. The highest BCUT2D eigenvalue weighted by molar-refractivity contribution is 5.94. The van der Waals surface area contributed by atoms with E-state index in [2.05, 4.69) is 16.5 Å². The summed E-state index contributed by atoms with van der Waals surface area (Å²) in [5, 5.41) is 17.0. The average molecular weight is 385 g/mol. The minimum absolute atomic E-state index is 0.0523. The van der Waals surface area contributed by atoms with Crippen LogP contribution < -0.4 is 5.32 Å². The van der Waals surface area contributed by atoms with Crippen LogP contribution >= 0.6 is 0 Å². The molecule has 1 aliphatic rings. The molecule has 1 saturated heterocycles. The van der Waals surface area contributed by atoms with Crippen LogP contribution in [-0.2, 0) is 0 Å². The summed E-state index contributed by atoms with van der Waals surface area (Å²) in [4.78, 5) is 14.9. The van der Waals surface area contributed by atoms with Gasteiger partial charge in [-0.15, -0.1) is 0 Å². The maximum Gasteiger partial charge on any atom is 0.274 e. The van der Waals surface area contributed by atoms with Gasteiger partial charge in [0.15, 0.2) is 5.69 Å². The number of carbonyl (C=O) groups excluding carboxylic acids is 1. The lowest BCUT2D eigenvalue weighted by molar-refractivity contribution is 0.0783. The normalized spacial score (nSPS) is 16.0. The number of hydrogen-bond donors (Lipinski definition) is 1. The third-order valence-electron chi connectivity index (χ3n) is 5.40. The first kappa shape index (κ1) is 18.9.